The standard InChI is InChI=1S/C19H15NO4/c21-19(14-22-15-6-2-1-3-7-15)24-17-11-9-16(10-12-17)23-18-8-4-5-13-20-18/h1-13H,14H2. The summed E-state index contributed by atoms with van der Waals surface area (Å²) in [4.78, 5) is 15.8. The quantitative estimate of drug-likeness (QED) is 0.510. The van der Waals surface area contributed by atoms with Crippen molar-refractivity contribution in [2.75, 3.05) is 6.61 Å². The van der Waals surface area contributed by atoms with Crippen molar-refractivity contribution in [1.29, 1.82) is 0 Å². The van der Waals surface area contributed by atoms with E-state index in [9.17, 15) is 4.79 Å². The van der Waals surface area contributed by atoms with Crippen molar-refractivity contribution in [1.82, 2.24) is 4.98 Å². The van der Waals surface area contributed by atoms with Gasteiger partial charge < -0.3 is 14.2 Å². The molecule has 1 aromatic heterocycles. The second kappa shape index (κ2) is 7.78. The van der Waals surface area contributed by atoms with E-state index in [4.69, 9.17) is 14.2 Å². The predicted molar refractivity (Wildman–Crippen MR) is 88.3 cm³/mol. The number of rotatable bonds is 6. The van der Waals surface area contributed by atoms with Gasteiger partial charge in [0.2, 0.25) is 5.88 Å². The van der Waals surface area contributed by atoms with E-state index in [1.165, 1.54) is 0 Å². The molecule has 0 saturated heterocycles. The van der Waals surface area contributed by atoms with Crippen LogP contribution in [0.4, 0.5) is 0 Å². The van der Waals surface area contributed by atoms with Gasteiger partial charge in [-0.05, 0) is 42.5 Å². The Labute approximate surface area is 139 Å². The Kier molecular flexibility index (Phi) is 5.04. The highest BCUT2D eigenvalue weighted by Gasteiger charge is 2.06. The summed E-state index contributed by atoms with van der Waals surface area (Å²) < 4.78 is 16.1. The van der Waals surface area contributed by atoms with Crippen LogP contribution in [0.5, 0.6) is 23.1 Å². The number of carbonyl (C=O) groups excluding carboxylic acids is 1. The molecule has 0 bridgehead atoms. The first kappa shape index (κ1) is 15.6. The fourth-order valence-corrected chi connectivity index (χ4v) is 1.92. The molecule has 0 unspecified atom stereocenters. The van der Waals surface area contributed by atoms with E-state index >= 15 is 0 Å². The SMILES string of the molecule is O=C(COc1ccccc1)Oc1ccc(Oc2ccccn2)cc1. The summed E-state index contributed by atoms with van der Waals surface area (Å²) in [6.07, 6.45) is 1.65. The van der Waals surface area contributed by atoms with Gasteiger partial charge in [-0.15, -0.1) is 0 Å². The van der Waals surface area contributed by atoms with Crippen LogP contribution in [0, 0.1) is 0 Å². The number of esters is 1. The molecule has 3 aromatic rings. The molecule has 0 radical (unpaired) electrons. The minimum Gasteiger partial charge on any atom is -0.482 e. The smallest absolute Gasteiger partial charge is 0.349 e. The molecule has 0 aliphatic rings. The highest BCUT2D eigenvalue weighted by Crippen LogP contribution is 2.22. The molecule has 0 aliphatic carbocycles. The number of hydrogen-bond acceptors (Lipinski definition) is 5. The topological polar surface area (TPSA) is 57.7 Å². The zero-order valence-electron chi connectivity index (χ0n) is 12.8. The first-order chi connectivity index (χ1) is 11.8. The van der Waals surface area contributed by atoms with Crippen molar-refractivity contribution in [3.63, 3.8) is 0 Å². The first-order valence-electron chi connectivity index (χ1n) is 7.37. The van der Waals surface area contributed by atoms with Crippen molar-refractivity contribution in [3.05, 3.63) is 79.0 Å². The number of para-hydroxylation sites is 1. The fraction of sp³-hybridized carbons (Fsp3) is 0.0526. The number of pyridine rings is 1. The molecule has 5 nitrogen and oxygen atoms in total. The molecule has 2 aromatic carbocycles. The Morgan fingerprint density at radius 1 is 0.792 bits per heavy atom. The molecule has 0 fully saturated rings. The summed E-state index contributed by atoms with van der Waals surface area (Å²) in [5, 5.41) is 0. The molecular weight excluding hydrogens is 306 g/mol. The van der Waals surface area contributed by atoms with Gasteiger partial charge in [0.25, 0.3) is 0 Å². The van der Waals surface area contributed by atoms with Crippen LogP contribution < -0.4 is 14.2 Å². The van der Waals surface area contributed by atoms with Gasteiger partial charge >= 0.3 is 5.97 Å². The van der Waals surface area contributed by atoms with Crippen LogP contribution in [0.2, 0.25) is 0 Å². The van der Waals surface area contributed by atoms with Crippen LogP contribution >= 0.6 is 0 Å². The molecule has 5 heteroatoms. The third-order valence-electron chi connectivity index (χ3n) is 3.02. The van der Waals surface area contributed by atoms with Gasteiger partial charge in [-0.25, -0.2) is 9.78 Å². The van der Waals surface area contributed by atoms with E-state index in [1.807, 2.05) is 30.3 Å². The monoisotopic (exact) mass is 321 g/mol. The van der Waals surface area contributed by atoms with Crippen molar-refractivity contribution < 1.29 is 19.0 Å². The van der Waals surface area contributed by atoms with Crippen LogP contribution in [-0.4, -0.2) is 17.6 Å². The Morgan fingerprint density at radius 2 is 1.50 bits per heavy atom. The Morgan fingerprint density at radius 3 is 2.21 bits per heavy atom. The molecule has 3 rings (SSSR count). The molecule has 24 heavy (non-hydrogen) atoms. The van der Waals surface area contributed by atoms with Gasteiger partial charge in [0, 0.05) is 12.3 Å². The van der Waals surface area contributed by atoms with Crippen LogP contribution in [0.3, 0.4) is 0 Å². The molecule has 0 saturated carbocycles. The molecule has 0 amide bonds. The summed E-state index contributed by atoms with van der Waals surface area (Å²) in [6, 6.07) is 21.2. The maximum absolute atomic E-state index is 11.8. The van der Waals surface area contributed by atoms with E-state index in [-0.39, 0.29) is 6.61 Å². The van der Waals surface area contributed by atoms with Crippen molar-refractivity contribution >= 4 is 5.97 Å². The lowest BCUT2D eigenvalue weighted by Gasteiger charge is -2.08. The second-order valence-electron chi connectivity index (χ2n) is 4.82. The lowest BCUT2D eigenvalue weighted by Crippen LogP contribution is -2.17. The fourth-order valence-electron chi connectivity index (χ4n) is 1.92. The highest BCUT2D eigenvalue weighted by molar-refractivity contribution is 5.74. The van der Waals surface area contributed by atoms with Crippen LogP contribution in [0.15, 0.2) is 79.0 Å². The number of ether oxygens (including phenoxy) is 3. The van der Waals surface area contributed by atoms with Crippen molar-refractivity contribution in [3.8, 4) is 23.1 Å². The van der Waals surface area contributed by atoms with E-state index in [2.05, 4.69) is 4.98 Å². The van der Waals surface area contributed by atoms with E-state index in [0.29, 0.717) is 23.1 Å². The number of hydrogen-bond donors (Lipinski definition) is 0. The third-order valence-corrected chi connectivity index (χ3v) is 3.02. The first-order valence-corrected chi connectivity index (χ1v) is 7.37. The van der Waals surface area contributed by atoms with Gasteiger partial charge in [-0.3, -0.25) is 0 Å². The van der Waals surface area contributed by atoms with Crippen LogP contribution in [0.1, 0.15) is 0 Å². The summed E-state index contributed by atoms with van der Waals surface area (Å²) in [7, 11) is 0. The molecule has 1 heterocycles. The van der Waals surface area contributed by atoms with Crippen molar-refractivity contribution in [2.45, 2.75) is 0 Å². The Bertz CT molecular complexity index is 773. The van der Waals surface area contributed by atoms with Gasteiger partial charge in [-0.2, -0.15) is 0 Å². The minimum absolute atomic E-state index is 0.157. The van der Waals surface area contributed by atoms with Gasteiger partial charge in [0.15, 0.2) is 6.61 Å². The molecule has 0 aliphatic heterocycles. The average molecular weight is 321 g/mol. The summed E-state index contributed by atoms with van der Waals surface area (Å²) in [5.41, 5.74) is 0. The van der Waals surface area contributed by atoms with Gasteiger partial charge in [0.1, 0.15) is 17.2 Å². The summed E-state index contributed by atoms with van der Waals surface area (Å²) in [6.45, 7) is -0.157. The maximum Gasteiger partial charge on any atom is 0.349 e. The average Bonchev–Trinajstić information content (AvgIpc) is 2.63. The largest absolute Gasteiger partial charge is 0.482 e. The molecule has 0 atom stereocenters. The second-order valence-corrected chi connectivity index (χ2v) is 4.82. The predicted octanol–water partition coefficient (Wildman–Crippen LogP) is 3.86. The number of nitrogens with zero attached hydrogens (tertiary/aromatic N) is 1. The molecule has 0 spiro atoms. The summed E-state index contributed by atoms with van der Waals surface area (Å²) in [5.74, 6) is 1.67. The molecule has 120 valence electrons. The summed E-state index contributed by atoms with van der Waals surface area (Å²) >= 11 is 0. The van der Waals surface area contributed by atoms with Crippen molar-refractivity contribution in [2.24, 2.45) is 0 Å². The van der Waals surface area contributed by atoms with E-state index < -0.39 is 5.97 Å². The molecule has 0 N–H and O–H groups in total. The maximum atomic E-state index is 11.8. The molecular formula is C19H15NO4. The third kappa shape index (κ3) is 4.58. The van der Waals surface area contributed by atoms with Crippen LogP contribution in [-0.2, 0) is 4.79 Å². The Hall–Kier alpha value is -3.34. The normalized spacial score (nSPS) is 10.0. The van der Waals surface area contributed by atoms with Gasteiger partial charge in [-0.1, -0.05) is 24.3 Å². The lowest BCUT2D eigenvalue weighted by molar-refractivity contribution is -0.136. The zero-order chi connectivity index (χ0) is 16.6. The van der Waals surface area contributed by atoms with Gasteiger partial charge in [0.05, 0.1) is 0 Å². The number of benzene rings is 2. The lowest BCUT2D eigenvalue weighted by atomic mass is 10.3. The van der Waals surface area contributed by atoms with E-state index in [1.54, 1.807) is 48.7 Å². The number of carbonyl (C=O) groups is 1. The Balaban J connectivity index is 1.51. The number of aromatic nitrogens is 1. The van der Waals surface area contributed by atoms with Crippen LogP contribution in [0.25, 0.3) is 0 Å². The minimum atomic E-state index is -0.475. The zero-order valence-corrected chi connectivity index (χ0v) is 12.8. The van der Waals surface area contributed by atoms with E-state index in [0.717, 1.165) is 0 Å². The highest BCUT2D eigenvalue weighted by atomic mass is 16.6.